The Morgan fingerprint density at radius 1 is 0.759 bits per heavy atom. The van der Waals surface area contributed by atoms with Crippen molar-refractivity contribution in [1.29, 1.82) is 0 Å². The summed E-state index contributed by atoms with van der Waals surface area (Å²) in [6, 6.07) is 27.9. The quantitative estimate of drug-likeness (QED) is 0.545. The highest BCUT2D eigenvalue weighted by atomic mass is 16.2. The van der Waals surface area contributed by atoms with E-state index in [9.17, 15) is 4.79 Å². The highest BCUT2D eigenvalue weighted by Gasteiger charge is 2.08. The Hall–Kier alpha value is -3.53. The number of rotatable bonds is 8. The fourth-order valence-corrected chi connectivity index (χ4v) is 3.23. The van der Waals surface area contributed by atoms with Gasteiger partial charge >= 0.3 is 0 Å². The van der Waals surface area contributed by atoms with Crippen LogP contribution in [0.2, 0.25) is 0 Å². The van der Waals surface area contributed by atoms with Crippen molar-refractivity contribution in [2.24, 2.45) is 0 Å². The summed E-state index contributed by atoms with van der Waals surface area (Å²) in [7, 11) is 0. The molecule has 0 spiro atoms. The average molecular weight is 386 g/mol. The van der Waals surface area contributed by atoms with Crippen molar-refractivity contribution >= 4 is 17.2 Å². The van der Waals surface area contributed by atoms with E-state index >= 15 is 0 Å². The minimum atomic E-state index is -0.173. The molecule has 0 unspecified atom stereocenters. The lowest BCUT2D eigenvalue weighted by molar-refractivity contribution is 0.0941. The summed E-state index contributed by atoms with van der Waals surface area (Å²) in [6.45, 7) is 6.13. The van der Waals surface area contributed by atoms with E-state index in [0.717, 1.165) is 35.5 Å². The molecule has 0 aliphatic rings. The zero-order valence-corrected chi connectivity index (χ0v) is 16.9. The molecule has 0 saturated heterocycles. The molecule has 0 aromatic heterocycles. The molecule has 0 heterocycles. The molecule has 4 nitrogen and oxygen atoms in total. The number of benzene rings is 3. The summed E-state index contributed by atoms with van der Waals surface area (Å²) >= 11 is 0. The summed E-state index contributed by atoms with van der Waals surface area (Å²) in [5.74, 6) is -0.173. The maximum Gasteiger partial charge on any atom is 0.269 e. The summed E-state index contributed by atoms with van der Waals surface area (Å²) in [4.78, 5) is 14.7. The Bertz CT molecular complexity index is 889. The molecule has 3 aromatic rings. The minimum absolute atomic E-state index is 0.173. The Morgan fingerprint density at radius 2 is 1.28 bits per heavy atom. The molecule has 0 bridgehead atoms. The Morgan fingerprint density at radius 3 is 1.76 bits per heavy atom. The van der Waals surface area contributed by atoms with Crippen molar-refractivity contribution in [2.75, 3.05) is 18.0 Å². The first-order chi connectivity index (χ1) is 14.2. The lowest BCUT2D eigenvalue weighted by Gasteiger charge is -2.21. The second kappa shape index (κ2) is 10.1. The largest absolute Gasteiger partial charge is 0.372 e. The summed E-state index contributed by atoms with van der Waals surface area (Å²) in [5, 5.41) is 0. The predicted octanol–water partition coefficient (Wildman–Crippen LogP) is 4.86. The van der Waals surface area contributed by atoms with Gasteiger partial charge in [0.2, 0.25) is 0 Å². The second-order valence-electron chi connectivity index (χ2n) is 6.61. The monoisotopic (exact) mass is 385 g/mol. The van der Waals surface area contributed by atoms with Crippen LogP contribution in [-0.4, -0.2) is 19.0 Å². The predicted molar refractivity (Wildman–Crippen MR) is 121 cm³/mol. The zero-order valence-electron chi connectivity index (χ0n) is 16.9. The summed E-state index contributed by atoms with van der Waals surface area (Å²) in [6.07, 6.45) is 1.83. The van der Waals surface area contributed by atoms with E-state index in [2.05, 4.69) is 29.6 Å². The van der Waals surface area contributed by atoms with Crippen molar-refractivity contribution in [1.82, 2.24) is 10.9 Å². The molecule has 29 heavy (non-hydrogen) atoms. The van der Waals surface area contributed by atoms with Gasteiger partial charge in [0.1, 0.15) is 0 Å². The van der Waals surface area contributed by atoms with Crippen LogP contribution < -0.4 is 15.8 Å². The molecule has 0 fully saturated rings. The first-order valence-electron chi connectivity index (χ1n) is 9.94. The molecule has 3 aromatic carbocycles. The van der Waals surface area contributed by atoms with Crippen LogP contribution in [0.15, 0.2) is 91.1 Å². The van der Waals surface area contributed by atoms with Gasteiger partial charge in [0, 0.05) is 36.1 Å². The fraction of sp³-hybridized carbons (Fsp3) is 0.160. The van der Waals surface area contributed by atoms with Gasteiger partial charge in [-0.15, -0.1) is 0 Å². The smallest absolute Gasteiger partial charge is 0.269 e. The normalized spacial score (nSPS) is 10.1. The van der Waals surface area contributed by atoms with Crippen LogP contribution in [0.3, 0.4) is 0 Å². The van der Waals surface area contributed by atoms with E-state index in [1.807, 2.05) is 91.1 Å². The van der Waals surface area contributed by atoms with E-state index in [1.165, 1.54) is 0 Å². The molecule has 0 aliphatic carbocycles. The third-order valence-corrected chi connectivity index (χ3v) is 4.83. The Kier molecular flexibility index (Phi) is 7.06. The SMILES string of the molecule is CCN(CC)c1ccc(C(=O)NNC=C(c2ccccc2)c2ccccc2)cc1. The summed E-state index contributed by atoms with van der Waals surface area (Å²) in [5.41, 5.74) is 10.6. The number of hydrogen-bond donors (Lipinski definition) is 2. The fourth-order valence-electron chi connectivity index (χ4n) is 3.23. The van der Waals surface area contributed by atoms with Crippen LogP contribution in [0.4, 0.5) is 5.69 Å². The molecule has 0 saturated carbocycles. The first kappa shape index (κ1) is 20.2. The molecule has 0 radical (unpaired) electrons. The van der Waals surface area contributed by atoms with E-state index in [4.69, 9.17) is 0 Å². The van der Waals surface area contributed by atoms with Gasteiger partial charge in [-0.05, 0) is 49.2 Å². The summed E-state index contributed by atoms with van der Waals surface area (Å²) < 4.78 is 0. The van der Waals surface area contributed by atoms with Gasteiger partial charge in [-0.25, -0.2) is 0 Å². The number of nitrogens with one attached hydrogen (secondary N) is 2. The van der Waals surface area contributed by atoms with Gasteiger partial charge in [-0.1, -0.05) is 60.7 Å². The van der Waals surface area contributed by atoms with Crippen LogP contribution in [0, 0.1) is 0 Å². The minimum Gasteiger partial charge on any atom is -0.372 e. The molecular weight excluding hydrogens is 358 g/mol. The molecule has 4 heteroatoms. The van der Waals surface area contributed by atoms with Gasteiger partial charge in [-0.2, -0.15) is 0 Å². The topological polar surface area (TPSA) is 44.4 Å². The second-order valence-corrected chi connectivity index (χ2v) is 6.61. The molecular formula is C25H27N3O. The number of carbonyl (C=O) groups excluding carboxylic acids is 1. The number of nitrogens with zero attached hydrogens (tertiary/aromatic N) is 1. The lowest BCUT2D eigenvalue weighted by atomic mass is 9.99. The number of hydrogen-bond acceptors (Lipinski definition) is 3. The molecule has 148 valence electrons. The number of amides is 1. The van der Waals surface area contributed by atoms with Crippen LogP contribution in [0.5, 0.6) is 0 Å². The van der Waals surface area contributed by atoms with Gasteiger partial charge < -0.3 is 10.3 Å². The lowest BCUT2D eigenvalue weighted by Crippen LogP contribution is -2.33. The Labute approximate surface area is 172 Å². The van der Waals surface area contributed by atoms with Crippen molar-refractivity contribution < 1.29 is 4.79 Å². The third kappa shape index (κ3) is 5.26. The van der Waals surface area contributed by atoms with Crippen molar-refractivity contribution in [3.8, 4) is 0 Å². The number of hydrazine groups is 1. The van der Waals surface area contributed by atoms with Crippen molar-refractivity contribution in [3.05, 3.63) is 108 Å². The van der Waals surface area contributed by atoms with Gasteiger partial charge in [0.05, 0.1) is 0 Å². The van der Waals surface area contributed by atoms with Gasteiger partial charge in [0.15, 0.2) is 0 Å². The van der Waals surface area contributed by atoms with Gasteiger partial charge in [0.25, 0.3) is 5.91 Å². The van der Waals surface area contributed by atoms with E-state index in [-0.39, 0.29) is 5.91 Å². The van der Waals surface area contributed by atoms with Crippen molar-refractivity contribution in [3.63, 3.8) is 0 Å². The van der Waals surface area contributed by atoms with Crippen molar-refractivity contribution in [2.45, 2.75) is 13.8 Å². The average Bonchev–Trinajstić information content (AvgIpc) is 2.79. The third-order valence-electron chi connectivity index (χ3n) is 4.83. The molecule has 3 rings (SSSR count). The standard InChI is InChI=1S/C25H27N3O/c1-3-28(4-2)23-17-15-22(16-18-23)25(29)27-26-19-24(20-11-7-5-8-12-20)21-13-9-6-10-14-21/h5-19,26H,3-4H2,1-2H3,(H,27,29). The molecule has 2 N–H and O–H groups in total. The van der Waals surface area contributed by atoms with Gasteiger partial charge in [-0.3, -0.25) is 10.2 Å². The number of carbonyl (C=O) groups is 1. The maximum absolute atomic E-state index is 12.5. The molecule has 0 aliphatic heterocycles. The van der Waals surface area contributed by atoms with E-state index in [0.29, 0.717) is 5.56 Å². The highest BCUT2D eigenvalue weighted by molar-refractivity contribution is 5.94. The first-order valence-corrected chi connectivity index (χ1v) is 9.94. The van der Waals surface area contributed by atoms with E-state index < -0.39 is 0 Å². The molecule has 1 amide bonds. The maximum atomic E-state index is 12.5. The van der Waals surface area contributed by atoms with Crippen LogP contribution in [0.25, 0.3) is 5.57 Å². The van der Waals surface area contributed by atoms with Crippen LogP contribution in [0.1, 0.15) is 35.3 Å². The number of anilines is 1. The Balaban J connectivity index is 1.71. The van der Waals surface area contributed by atoms with Crippen LogP contribution in [-0.2, 0) is 0 Å². The zero-order chi connectivity index (χ0) is 20.5. The highest BCUT2D eigenvalue weighted by Crippen LogP contribution is 2.22. The van der Waals surface area contributed by atoms with Crippen LogP contribution >= 0.6 is 0 Å². The molecule has 0 atom stereocenters. The van der Waals surface area contributed by atoms with E-state index in [1.54, 1.807) is 0 Å².